The molecule has 2 aromatic carbocycles. The van der Waals surface area contributed by atoms with Crippen LogP contribution in [-0.4, -0.2) is 50.1 Å². The lowest BCUT2D eigenvalue weighted by Crippen LogP contribution is -2.37. The molecule has 29 heavy (non-hydrogen) atoms. The van der Waals surface area contributed by atoms with Crippen LogP contribution in [0.4, 0.5) is 5.13 Å². The van der Waals surface area contributed by atoms with Crippen molar-refractivity contribution in [2.45, 2.75) is 20.3 Å². The third-order valence-electron chi connectivity index (χ3n) is 4.64. The summed E-state index contributed by atoms with van der Waals surface area (Å²) in [5, 5.41) is 0.768. The van der Waals surface area contributed by atoms with Crippen molar-refractivity contribution in [2.24, 2.45) is 0 Å². The summed E-state index contributed by atoms with van der Waals surface area (Å²) in [7, 11) is 5.66. The molecular formula is C22H28ClN3O2S. The van der Waals surface area contributed by atoms with Gasteiger partial charge in [0.2, 0.25) is 5.91 Å². The van der Waals surface area contributed by atoms with Gasteiger partial charge in [0, 0.05) is 13.1 Å². The number of anilines is 1. The van der Waals surface area contributed by atoms with E-state index in [4.69, 9.17) is 9.72 Å². The smallest absolute Gasteiger partial charge is 0.233 e. The summed E-state index contributed by atoms with van der Waals surface area (Å²) in [5.74, 6) is 0.845. The second-order valence-corrected chi connectivity index (χ2v) is 8.31. The van der Waals surface area contributed by atoms with Crippen molar-refractivity contribution in [3.8, 4) is 5.75 Å². The first kappa shape index (κ1) is 23.1. The van der Waals surface area contributed by atoms with Crippen molar-refractivity contribution in [3.63, 3.8) is 0 Å². The van der Waals surface area contributed by atoms with Gasteiger partial charge >= 0.3 is 0 Å². The molecule has 0 aliphatic carbocycles. The van der Waals surface area contributed by atoms with Gasteiger partial charge in [-0.1, -0.05) is 29.5 Å². The van der Waals surface area contributed by atoms with Gasteiger partial charge in [-0.2, -0.15) is 0 Å². The van der Waals surface area contributed by atoms with Gasteiger partial charge in [0.1, 0.15) is 5.75 Å². The lowest BCUT2D eigenvalue weighted by atomic mass is 10.1. The average Bonchev–Trinajstić information content (AvgIpc) is 3.06. The minimum absolute atomic E-state index is 0. The van der Waals surface area contributed by atoms with Gasteiger partial charge < -0.3 is 9.64 Å². The van der Waals surface area contributed by atoms with E-state index in [0.29, 0.717) is 13.0 Å². The summed E-state index contributed by atoms with van der Waals surface area (Å²) < 4.78 is 6.33. The molecule has 7 heteroatoms. The number of carbonyl (C=O) groups excluding carboxylic acids is 1. The number of hydrogen-bond donors (Lipinski definition) is 0. The number of rotatable bonds is 7. The summed E-state index contributed by atoms with van der Waals surface area (Å²) in [4.78, 5) is 21.9. The number of likely N-dealkylation sites (N-methyl/N-ethyl adjacent to an activating group) is 1. The van der Waals surface area contributed by atoms with Crippen molar-refractivity contribution < 1.29 is 9.53 Å². The first-order chi connectivity index (χ1) is 13.4. The van der Waals surface area contributed by atoms with Crippen LogP contribution in [0.15, 0.2) is 36.4 Å². The molecule has 0 spiro atoms. The molecule has 0 bridgehead atoms. The number of halogens is 1. The molecule has 0 saturated carbocycles. The number of methoxy groups -OCH3 is 1. The quantitative estimate of drug-likeness (QED) is 0.551. The van der Waals surface area contributed by atoms with Crippen molar-refractivity contribution in [1.29, 1.82) is 0 Å². The van der Waals surface area contributed by atoms with Crippen LogP contribution in [0.5, 0.6) is 5.75 Å². The van der Waals surface area contributed by atoms with Gasteiger partial charge in [-0.15, -0.1) is 12.4 Å². The fourth-order valence-electron chi connectivity index (χ4n) is 3.11. The molecule has 0 saturated heterocycles. The predicted molar refractivity (Wildman–Crippen MR) is 124 cm³/mol. The zero-order chi connectivity index (χ0) is 20.3. The molecular weight excluding hydrogens is 406 g/mol. The first-order valence-electron chi connectivity index (χ1n) is 9.33. The first-order valence-corrected chi connectivity index (χ1v) is 10.1. The van der Waals surface area contributed by atoms with Crippen molar-refractivity contribution in [1.82, 2.24) is 9.88 Å². The molecule has 1 aromatic heterocycles. The van der Waals surface area contributed by atoms with Crippen molar-refractivity contribution >= 4 is 45.0 Å². The van der Waals surface area contributed by atoms with Crippen LogP contribution in [-0.2, 0) is 11.2 Å². The number of fused-ring (bicyclic) bond motifs is 1. The van der Waals surface area contributed by atoms with Crippen molar-refractivity contribution in [2.75, 3.05) is 39.2 Å². The van der Waals surface area contributed by atoms with E-state index in [2.05, 4.69) is 30.9 Å². The number of benzene rings is 2. The topological polar surface area (TPSA) is 45.7 Å². The highest BCUT2D eigenvalue weighted by atomic mass is 35.5. The number of aromatic nitrogens is 1. The molecule has 0 atom stereocenters. The number of amides is 1. The van der Waals surface area contributed by atoms with Gasteiger partial charge in [0.25, 0.3) is 0 Å². The number of hydrogen-bond acceptors (Lipinski definition) is 5. The Kier molecular flexibility index (Phi) is 8.02. The molecule has 3 aromatic rings. The molecule has 0 unspecified atom stereocenters. The van der Waals surface area contributed by atoms with Crippen LogP contribution in [0.3, 0.4) is 0 Å². The molecule has 1 amide bonds. The Morgan fingerprint density at radius 1 is 1.10 bits per heavy atom. The fourth-order valence-corrected chi connectivity index (χ4v) is 4.30. The molecule has 0 fully saturated rings. The van der Waals surface area contributed by atoms with Crippen LogP contribution in [0.25, 0.3) is 10.2 Å². The van der Waals surface area contributed by atoms with Gasteiger partial charge in [-0.25, -0.2) is 4.98 Å². The maximum atomic E-state index is 13.2. The summed E-state index contributed by atoms with van der Waals surface area (Å²) >= 11 is 1.59. The van der Waals surface area contributed by atoms with E-state index in [-0.39, 0.29) is 18.3 Å². The van der Waals surface area contributed by atoms with Gasteiger partial charge in [0.05, 0.1) is 23.7 Å². The van der Waals surface area contributed by atoms with Crippen LogP contribution in [0, 0.1) is 13.8 Å². The number of ether oxygens (including phenoxy) is 1. The van der Waals surface area contributed by atoms with Crippen LogP contribution >= 0.6 is 23.7 Å². The lowest BCUT2D eigenvalue weighted by molar-refractivity contribution is -0.118. The molecule has 5 nitrogen and oxygen atoms in total. The molecule has 3 rings (SSSR count). The van der Waals surface area contributed by atoms with Crippen molar-refractivity contribution in [3.05, 3.63) is 53.1 Å². The Bertz CT molecular complexity index is 970. The Hall–Kier alpha value is -2.15. The van der Waals surface area contributed by atoms with Crippen LogP contribution in [0.1, 0.15) is 16.7 Å². The van der Waals surface area contributed by atoms with E-state index in [1.807, 2.05) is 43.3 Å². The maximum absolute atomic E-state index is 13.2. The van der Waals surface area contributed by atoms with Gasteiger partial charge in [-0.3, -0.25) is 9.69 Å². The highest BCUT2D eigenvalue weighted by molar-refractivity contribution is 7.22. The molecule has 0 aliphatic heterocycles. The summed E-state index contributed by atoms with van der Waals surface area (Å²) in [6, 6.07) is 11.9. The molecule has 0 radical (unpaired) electrons. The monoisotopic (exact) mass is 433 g/mol. The number of aryl methyl sites for hydroxylation is 2. The third kappa shape index (κ3) is 5.69. The third-order valence-corrected chi connectivity index (χ3v) is 5.66. The number of thiazole rings is 1. The van der Waals surface area contributed by atoms with Crippen LogP contribution in [0.2, 0.25) is 0 Å². The van der Waals surface area contributed by atoms with Gasteiger partial charge in [0.15, 0.2) is 5.13 Å². The zero-order valence-corrected chi connectivity index (χ0v) is 19.2. The normalized spacial score (nSPS) is 10.8. The highest BCUT2D eigenvalue weighted by Gasteiger charge is 2.21. The molecule has 0 aliphatic rings. The maximum Gasteiger partial charge on any atom is 0.233 e. The van der Waals surface area contributed by atoms with E-state index in [1.54, 1.807) is 18.4 Å². The fraction of sp³-hybridized carbons (Fsp3) is 0.364. The van der Waals surface area contributed by atoms with E-state index >= 15 is 0 Å². The van der Waals surface area contributed by atoms with Crippen LogP contribution < -0.4 is 9.64 Å². The van der Waals surface area contributed by atoms with E-state index in [0.717, 1.165) is 38.8 Å². The Morgan fingerprint density at radius 3 is 2.41 bits per heavy atom. The number of nitrogens with zero attached hydrogens (tertiary/aromatic N) is 3. The average molecular weight is 434 g/mol. The standard InChI is InChI=1S/C22H27N3O2S.ClH/c1-15-12-16(2)21-19(13-15)28-22(23-21)25(11-10-24(3)4)20(26)14-17-6-8-18(27-5)9-7-17;/h6-9,12-13H,10-11,14H2,1-5H3;1H. The summed E-state index contributed by atoms with van der Waals surface area (Å²) in [6.07, 6.45) is 0.339. The Labute approximate surface area is 182 Å². The second-order valence-electron chi connectivity index (χ2n) is 7.30. The Morgan fingerprint density at radius 2 is 1.79 bits per heavy atom. The lowest BCUT2D eigenvalue weighted by Gasteiger charge is -2.22. The summed E-state index contributed by atoms with van der Waals surface area (Å²) in [5.41, 5.74) is 4.31. The predicted octanol–water partition coefficient (Wildman–Crippen LogP) is 4.48. The molecule has 0 N–H and O–H groups in total. The highest BCUT2D eigenvalue weighted by Crippen LogP contribution is 2.32. The van der Waals surface area contributed by atoms with E-state index < -0.39 is 0 Å². The van der Waals surface area contributed by atoms with E-state index in [9.17, 15) is 4.79 Å². The van der Waals surface area contributed by atoms with E-state index in [1.165, 1.54) is 5.56 Å². The van der Waals surface area contributed by atoms with Gasteiger partial charge in [-0.05, 0) is 62.8 Å². The number of carbonyl (C=O) groups is 1. The Balaban J connectivity index is 0.00000300. The summed E-state index contributed by atoms with van der Waals surface area (Å²) in [6.45, 7) is 5.55. The minimum atomic E-state index is 0. The minimum Gasteiger partial charge on any atom is -0.497 e. The largest absolute Gasteiger partial charge is 0.497 e. The molecule has 1 heterocycles. The SMILES string of the molecule is COc1ccc(CC(=O)N(CCN(C)C)c2nc3c(C)cc(C)cc3s2)cc1.Cl. The molecule has 156 valence electrons. The second kappa shape index (κ2) is 10.1. The zero-order valence-electron chi connectivity index (χ0n) is 17.6.